The predicted octanol–water partition coefficient (Wildman–Crippen LogP) is 1.95. The summed E-state index contributed by atoms with van der Waals surface area (Å²) in [5.74, 6) is 3.07. The fraction of sp³-hybridized carbons (Fsp3) is 0.600. The summed E-state index contributed by atoms with van der Waals surface area (Å²) in [6.07, 6.45) is 7.16. The van der Waals surface area contributed by atoms with Crippen molar-refractivity contribution in [3.63, 3.8) is 0 Å². The van der Waals surface area contributed by atoms with Crippen LogP contribution in [0.4, 0.5) is 0 Å². The van der Waals surface area contributed by atoms with Crippen LogP contribution in [0.2, 0.25) is 0 Å². The second-order valence-electron chi connectivity index (χ2n) is 7.07. The number of nitrogens with one attached hydrogen (secondary N) is 3. The van der Waals surface area contributed by atoms with Gasteiger partial charge in [0.2, 0.25) is 11.7 Å². The van der Waals surface area contributed by atoms with Gasteiger partial charge in [-0.15, -0.1) is 0 Å². The number of nitrogens with zero attached hydrogens (tertiary/aromatic N) is 4. The number of hydrogen-bond donors (Lipinski definition) is 3. The Morgan fingerprint density at radius 1 is 1.34 bits per heavy atom. The first kappa shape index (κ1) is 20.9. The molecule has 0 atom stereocenters. The first-order valence-corrected chi connectivity index (χ1v) is 10.5. The van der Waals surface area contributed by atoms with Gasteiger partial charge in [0.05, 0.1) is 6.26 Å². The molecule has 3 N–H and O–H groups in total. The van der Waals surface area contributed by atoms with E-state index >= 15 is 0 Å². The topological polar surface area (TPSA) is 111 Å². The molecule has 0 aliphatic carbocycles. The van der Waals surface area contributed by atoms with Crippen molar-refractivity contribution in [3.8, 4) is 11.6 Å². The lowest BCUT2D eigenvalue weighted by Crippen LogP contribution is -2.38. The Balaban J connectivity index is 1.40. The highest BCUT2D eigenvalue weighted by atomic mass is 16.3. The summed E-state index contributed by atoms with van der Waals surface area (Å²) in [7, 11) is 0. The number of hydrogen-bond acceptors (Lipinski definition) is 5. The van der Waals surface area contributed by atoms with Gasteiger partial charge in [0.1, 0.15) is 5.82 Å². The van der Waals surface area contributed by atoms with Crippen LogP contribution in [0.1, 0.15) is 44.9 Å². The number of furan rings is 1. The van der Waals surface area contributed by atoms with E-state index in [-0.39, 0.29) is 5.91 Å². The van der Waals surface area contributed by atoms with Crippen LogP contribution in [-0.4, -0.2) is 64.7 Å². The standard InChI is InChI=1S/C20H31N7O2/c1-2-21-20(22-11-7-14-27-13-5-3-4-9-18(27)28)23-12-10-17-24-19(26-25-17)16-8-6-15-29-16/h6,8,15H,2-5,7,9-14H2,1H3,(H2,21,22,23)(H,24,25,26). The zero-order chi connectivity index (χ0) is 20.3. The highest BCUT2D eigenvalue weighted by Crippen LogP contribution is 2.14. The quantitative estimate of drug-likeness (QED) is 0.336. The van der Waals surface area contributed by atoms with E-state index in [9.17, 15) is 4.79 Å². The van der Waals surface area contributed by atoms with Gasteiger partial charge in [0.25, 0.3) is 0 Å². The Hall–Kier alpha value is -2.84. The van der Waals surface area contributed by atoms with Crippen molar-refractivity contribution in [3.05, 3.63) is 24.2 Å². The average molecular weight is 402 g/mol. The molecule has 0 spiro atoms. The number of likely N-dealkylation sites (tertiary alicyclic amines) is 1. The monoisotopic (exact) mass is 401 g/mol. The second-order valence-corrected chi connectivity index (χ2v) is 7.07. The number of guanidine groups is 1. The Morgan fingerprint density at radius 2 is 2.28 bits per heavy atom. The highest BCUT2D eigenvalue weighted by Gasteiger charge is 2.15. The molecule has 9 heteroatoms. The van der Waals surface area contributed by atoms with Crippen LogP contribution in [0.5, 0.6) is 0 Å². The van der Waals surface area contributed by atoms with Crippen molar-refractivity contribution < 1.29 is 9.21 Å². The SMILES string of the molecule is CCNC(=NCCCN1CCCCCC1=O)NCCc1nc(-c2ccco2)n[nH]1. The molecule has 29 heavy (non-hydrogen) atoms. The molecule has 1 amide bonds. The Bertz CT molecular complexity index is 770. The van der Waals surface area contributed by atoms with Gasteiger partial charge in [0, 0.05) is 45.6 Å². The van der Waals surface area contributed by atoms with Gasteiger partial charge in [-0.1, -0.05) is 6.42 Å². The summed E-state index contributed by atoms with van der Waals surface area (Å²) in [5, 5.41) is 13.7. The number of rotatable bonds is 9. The molecule has 1 aliphatic heterocycles. The minimum absolute atomic E-state index is 0.289. The summed E-state index contributed by atoms with van der Waals surface area (Å²) in [6, 6.07) is 3.65. The molecular weight excluding hydrogens is 370 g/mol. The molecule has 2 aromatic rings. The van der Waals surface area contributed by atoms with Crippen LogP contribution in [0.25, 0.3) is 11.6 Å². The molecule has 0 unspecified atom stereocenters. The van der Waals surface area contributed by atoms with E-state index in [1.807, 2.05) is 24.0 Å². The van der Waals surface area contributed by atoms with Gasteiger partial charge in [-0.3, -0.25) is 14.9 Å². The van der Waals surface area contributed by atoms with Crippen molar-refractivity contribution in [1.82, 2.24) is 30.7 Å². The Morgan fingerprint density at radius 3 is 3.10 bits per heavy atom. The summed E-state index contributed by atoms with van der Waals surface area (Å²) >= 11 is 0. The molecule has 1 saturated heterocycles. The highest BCUT2D eigenvalue weighted by molar-refractivity contribution is 5.79. The van der Waals surface area contributed by atoms with Crippen LogP contribution < -0.4 is 10.6 Å². The molecule has 9 nitrogen and oxygen atoms in total. The Kier molecular flexibility index (Phi) is 8.09. The third-order valence-electron chi connectivity index (χ3n) is 4.80. The molecule has 0 bridgehead atoms. The third kappa shape index (κ3) is 6.62. The van der Waals surface area contributed by atoms with Gasteiger partial charge in [-0.05, 0) is 38.3 Å². The molecule has 3 rings (SSSR count). The fourth-order valence-corrected chi connectivity index (χ4v) is 3.29. The van der Waals surface area contributed by atoms with Crippen LogP contribution in [0.3, 0.4) is 0 Å². The number of aromatic amines is 1. The number of carbonyl (C=O) groups is 1. The zero-order valence-electron chi connectivity index (χ0n) is 17.1. The summed E-state index contributed by atoms with van der Waals surface area (Å²) in [5.41, 5.74) is 0. The Labute approximate surface area is 171 Å². The van der Waals surface area contributed by atoms with Crippen molar-refractivity contribution >= 4 is 11.9 Å². The van der Waals surface area contributed by atoms with E-state index in [0.29, 0.717) is 37.5 Å². The second kappa shape index (κ2) is 11.2. The maximum absolute atomic E-state index is 12.0. The number of amides is 1. The molecule has 1 fully saturated rings. The van der Waals surface area contributed by atoms with Crippen molar-refractivity contribution in [2.24, 2.45) is 4.99 Å². The van der Waals surface area contributed by atoms with Gasteiger partial charge in [-0.25, -0.2) is 4.98 Å². The maximum Gasteiger partial charge on any atom is 0.222 e. The largest absolute Gasteiger partial charge is 0.461 e. The van der Waals surface area contributed by atoms with Crippen LogP contribution in [0, 0.1) is 0 Å². The predicted molar refractivity (Wildman–Crippen MR) is 111 cm³/mol. The van der Waals surface area contributed by atoms with Crippen molar-refractivity contribution in [2.45, 2.75) is 45.4 Å². The zero-order valence-corrected chi connectivity index (χ0v) is 17.1. The van der Waals surface area contributed by atoms with Crippen molar-refractivity contribution in [1.29, 1.82) is 0 Å². The molecular formula is C20H31N7O2. The van der Waals surface area contributed by atoms with E-state index in [1.54, 1.807) is 6.26 Å². The number of aliphatic imine (C=N–C) groups is 1. The summed E-state index contributed by atoms with van der Waals surface area (Å²) < 4.78 is 5.31. The van der Waals surface area contributed by atoms with E-state index in [1.165, 1.54) is 0 Å². The summed E-state index contributed by atoms with van der Waals surface area (Å²) in [4.78, 5) is 23.1. The average Bonchev–Trinajstić information content (AvgIpc) is 3.37. The molecule has 0 radical (unpaired) electrons. The lowest BCUT2D eigenvalue weighted by molar-refractivity contribution is -0.130. The third-order valence-corrected chi connectivity index (χ3v) is 4.80. The normalized spacial score (nSPS) is 15.4. The van der Waals surface area contributed by atoms with Gasteiger partial charge in [0.15, 0.2) is 11.7 Å². The molecule has 2 aromatic heterocycles. The minimum Gasteiger partial charge on any atom is -0.461 e. The fourth-order valence-electron chi connectivity index (χ4n) is 3.29. The molecule has 158 valence electrons. The van der Waals surface area contributed by atoms with Crippen molar-refractivity contribution in [2.75, 3.05) is 32.7 Å². The first-order valence-electron chi connectivity index (χ1n) is 10.5. The number of carbonyl (C=O) groups excluding carboxylic acids is 1. The van der Waals surface area contributed by atoms with Gasteiger partial charge < -0.3 is 20.0 Å². The van der Waals surface area contributed by atoms with Gasteiger partial charge >= 0.3 is 0 Å². The maximum atomic E-state index is 12.0. The van der Waals surface area contributed by atoms with Crippen LogP contribution >= 0.6 is 0 Å². The van der Waals surface area contributed by atoms with Crippen LogP contribution in [0.15, 0.2) is 27.8 Å². The lowest BCUT2D eigenvalue weighted by atomic mass is 10.2. The van der Waals surface area contributed by atoms with Crippen LogP contribution in [-0.2, 0) is 11.2 Å². The number of H-pyrrole nitrogens is 1. The van der Waals surface area contributed by atoms with E-state index < -0.39 is 0 Å². The molecule has 0 aromatic carbocycles. The van der Waals surface area contributed by atoms with Gasteiger partial charge in [-0.2, -0.15) is 5.10 Å². The molecule has 1 aliphatic rings. The number of aromatic nitrogens is 3. The van der Waals surface area contributed by atoms with E-state index in [2.05, 4.69) is 30.8 Å². The molecule has 3 heterocycles. The lowest BCUT2D eigenvalue weighted by Gasteiger charge is -2.20. The van der Waals surface area contributed by atoms with E-state index in [4.69, 9.17) is 4.42 Å². The van der Waals surface area contributed by atoms with E-state index in [0.717, 1.165) is 57.1 Å². The minimum atomic E-state index is 0.289. The first-order chi connectivity index (χ1) is 14.3. The smallest absolute Gasteiger partial charge is 0.222 e. The summed E-state index contributed by atoms with van der Waals surface area (Å²) in [6.45, 7) is 5.88. The molecule has 0 saturated carbocycles.